The number of benzene rings is 2. The molecule has 2 heterocycles. The van der Waals surface area contributed by atoms with Gasteiger partial charge >= 0.3 is 0 Å². The maximum Gasteiger partial charge on any atom is 0.270 e. The van der Waals surface area contributed by atoms with Gasteiger partial charge in [-0.25, -0.2) is 4.39 Å². The lowest BCUT2D eigenvalue weighted by molar-refractivity contribution is -0.116. The van der Waals surface area contributed by atoms with Crippen LogP contribution >= 0.6 is 11.3 Å². The Morgan fingerprint density at radius 3 is 2.71 bits per heavy atom. The fourth-order valence-corrected chi connectivity index (χ4v) is 5.34. The average Bonchev–Trinajstić information content (AvgIpc) is 3.43. The molecule has 0 bridgehead atoms. The van der Waals surface area contributed by atoms with Crippen LogP contribution in [0.15, 0.2) is 47.3 Å². The largest absolute Gasteiger partial charge is 0.362 e. The molecule has 0 radical (unpaired) electrons. The van der Waals surface area contributed by atoms with E-state index in [1.807, 2.05) is 11.0 Å². The molecule has 0 atom stereocenters. The third kappa shape index (κ3) is 5.76. The van der Waals surface area contributed by atoms with Crippen molar-refractivity contribution in [1.29, 1.82) is 5.26 Å². The molecule has 0 spiro atoms. The number of fused-ring (bicyclic) bond motifs is 1. The second-order valence-corrected chi connectivity index (χ2v) is 9.56. The van der Waals surface area contributed by atoms with Gasteiger partial charge in [0.05, 0.1) is 6.54 Å². The number of aromatic nitrogens is 1. The highest BCUT2D eigenvalue weighted by Gasteiger charge is 2.21. The summed E-state index contributed by atoms with van der Waals surface area (Å²) in [6, 6.07) is 13.5. The minimum atomic E-state index is -0.522. The quantitative estimate of drug-likeness (QED) is 0.405. The van der Waals surface area contributed by atoms with Gasteiger partial charge in [0, 0.05) is 42.9 Å². The minimum absolute atomic E-state index is 0.106. The molecule has 0 unspecified atom stereocenters. The fraction of sp³-hybridized carbons (Fsp3) is 0.259. The van der Waals surface area contributed by atoms with Gasteiger partial charge in [0.25, 0.3) is 11.5 Å². The Balaban J connectivity index is 1.50. The highest BCUT2D eigenvalue weighted by molar-refractivity contribution is 7.07. The summed E-state index contributed by atoms with van der Waals surface area (Å²) in [5.74, 6) is -1.01. The Hall–Kier alpha value is -4.43. The molecule has 196 valence electrons. The Labute approximate surface area is 222 Å². The van der Waals surface area contributed by atoms with Crippen LogP contribution in [0.3, 0.4) is 0 Å². The smallest absolute Gasteiger partial charge is 0.270 e. The van der Waals surface area contributed by atoms with Crippen LogP contribution in [0.1, 0.15) is 19.4 Å². The van der Waals surface area contributed by atoms with E-state index in [9.17, 15) is 24.0 Å². The SMILES string of the molecule is CCNC(=O)/C(C#N)=c1\s/c(=C/Nc2cccc(NC(=O)CN3CCc4cc(F)ccc43)c2)c(=O)n1CC. The monoisotopic (exact) mass is 534 g/mol. The predicted octanol–water partition coefficient (Wildman–Crippen LogP) is 1.73. The van der Waals surface area contributed by atoms with Crippen molar-refractivity contribution in [3.05, 3.63) is 73.4 Å². The first-order valence-corrected chi connectivity index (χ1v) is 13.0. The number of anilines is 3. The van der Waals surface area contributed by atoms with Gasteiger partial charge in [-0.3, -0.25) is 19.0 Å². The zero-order valence-corrected chi connectivity index (χ0v) is 21.8. The molecule has 3 aromatic rings. The fourth-order valence-electron chi connectivity index (χ4n) is 4.25. The summed E-state index contributed by atoms with van der Waals surface area (Å²) in [6.07, 6.45) is 2.22. The first-order valence-electron chi connectivity index (χ1n) is 12.2. The van der Waals surface area contributed by atoms with Crippen molar-refractivity contribution in [2.24, 2.45) is 0 Å². The van der Waals surface area contributed by atoms with Crippen LogP contribution in [0, 0.1) is 17.1 Å². The number of amides is 2. The number of rotatable bonds is 8. The topological polar surface area (TPSA) is 119 Å². The summed E-state index contributed by atoms with van der Waals surface area (Å²) < 4.78 is 15.5. The number of carbonyl (C=O) groups excluding carboxylic acids is 2. The molecule has 0 fully saturated rings. The lowest BCUT2D eigenvalue weighted by Gasteiger charge is -2.19. The molecular weight excluding hydrogens is 507 g/mol. The summed E-state index contributed by atoms with van der Waals surface area (Å²) in [7, 11) is 0. The van der Waals surface area contributed by atoms with Gasteiger partial charge in [0.15, 0.2) is 5.57 Å². The number of halogens is 1. The summed E-state index contributed by atoms with van der Waals surface area (Å²) in [6.45, 7) is 4.98. The van der Waals surface area contributed by atoms with Crippen molar-refractivity contribution in [2.45, 2.75) is 26.8 Å². The first kappa shape index (κ1) is 26.6. The van der Waals surface area contributed by atoms with E-state index in [4.69, 9.17) is 0 Å². The van der Waals surface area contributed by atoms with Crippen molar-refractivity contribution < 1.29 is 14.0 Å². The maximum absolute atomic E-state index is 13.5. The van der Waals surface area contributed by atoms with E-state index in [1.165, 1.54) is 22.9 Å². The summed E-state index contributed by atoms with van der Waals surface area (Å²) >= 11 is 1.06. The van der Waals surface area contributed by atoms with E-state index in [0.29, 0.717) is 46.6 Å². The van der Waals surface area contributed by atoms with Crippen molar-refractivity contribution in [3.8, 4) is 6.07 Å². The number of nitrogens with zero attached hydrogens (tertiary/aromatic N) is 3. The molecule has 3 N–H and O–H groups in total. The molecule has 1 aliphatic heterocycles. The number of nitriles is 1. The lowest BCUT2D eigenvalue weighted by atomic mass is 10.2. The third-order valence-electron chi connectivity index (χ3n) is 6.00. The molecule has 2 aromatic carbocycles. The van der Waals surface area contributed by atoms with Crippen LogP contribution in [0.4, 0.5) is 21.5 Å². The van der Waals surface area contributed by atoms with Gasteiger partial charge in [-0.2, -0.15) is 5.26 Å². The molecule has 1 aromatic heterocycles. The Morgan fingerprint density at radius 1 is 1.18 bits per heavy atom. The molecule has 9 nitrogen and oxygen atoms in total. The third-order valence-corrected chi connectivity index (χ3v) is 7.13. The van der Waals surface area contributed by atoms with Crippen molar-refractivity contribution in [2.75, 3.05) is 35.2 Å². The van der Waals surface area contributed by atoms with Gasteiger partial charge < -0.3 is 20.9 Å². The number of thiazole rings is 1. The van der Waals surface area contributed by atoms with Crippen molar-refractivity contribution in [3.63, 3.8) is 0 Å². The average molecular weight is 535 g/mol. The van der Waals surface area contributed by atoms with Crippen LogP contribution in [-0.4, -0.2) is 36.0 Å². The number of carbonyl (C=O) groups is 2. The standard InChI is InChI=1S/C27H27FN6O3S/c1-3-30-25(36)21(14-29)27-34(4-2)26(37)23(38-27)15-31-19-6-5-7-20(13-19)32-24(35)16-33-11-10-17-12-18(28)8-9-22(17)33/h5-9,12-13,15,31H,3-4,10-11,16H2,1-2H3,(H,30,36)(H,32,35)/b23-15+,27-21-. The molecule has 0 saturated carbocycles. The molecule has 11 heteroatoms. The van der Waals surface area contributed by atoms with Gasteiger partial charge in [0.2, 0.25) is 5.91 Å². The molecule has 0 saturated heterocycles. The van der Waals surface area contributed by atoms with E-state index in [1.54, 1.807) is 44.2 Å². The van der Waals surface area contributed by atoms with E-state index in [-0.39, 0.29) is 29.4 Å². The van der Waals surface area contributed by atoms with Gasteiger partial charge in [-0.05, 0) is 62.2 Å². The minimum Gasteiger partial charge on any atom is -0.362 e. The molecule has 4 rings (SSSR count). The number of hydrogen-bond acceptors (Lipinski definition) is 7. The first-order chi connectivity index (χ1) is 18.3. The van der Waals surface area contributed by atoms with Crippen LogP contribution in [0.2, 0.25) is 0 Å². The van der Waals surface area contributed by atoms with Gasteiger partial charge in [0.1, 0.15) is 21.1 Å². The van der Waals surface area contributed by atoms with Gasteiger partial charge in [-0.15, -0.1) is 11.3 Å². The Bertz CT molecular complexity index is 1600. The molecule has 0 aliphatic carbocycles. The molecule has 38 heavy (non-hydrogen) atoms. The normalized spacial score (nSPS) is 13.5. The van der Waals surface area contributed by atoms with E-state index < -0.39 is 5.91 Å². The summed E-state index contributed by atoms with van der Waals surface area (Å²) in [5, 5.41) is 18.1. The van der Waals surface area contributed by atoms with E-state index in [2.05, 4.69) is 16.0 Å². The number of nitrogens with one attached hydrogen (secondary N) is 3. The van der Waals surface area contributed by atoms with Crippen molar-refractivity contribution >= 4 is 52.0 Å². The summed E-state index contributed by atoms with van der Waals surface area (Å²) in [4.78, 5) is 39.8. The Morgan fingerprint density at radius 2 is 1.97 bits per heavy atom. The summed E-state index contributed by atoms with van der Waals surface area (Å²) in [5.41, 5.74) is 2.54. The van der Waals surface area contributed by atoms with Crippen molar-refractivity contribution in [1.82, 2.24) is 9.88 Å². The maximum atomic E-state index is 13.5. The molecule has 2 amide bonds. The Kier molecular flexibility index (Phi) is 8.23. The molecule has 1 aliphatic rings. The van der Waals surface area contributed by atoms with E-state index >= 15 is 0 Å². The second kappa shape index (κ2) is 11.7. The zero-order valence-electron chi connectivity index (χ0n) is 21.0. The highest BCUT2D eigenvalue weighted by Crippen LogP contribution is 2.28. The van der Waals surface area contributed by atoms with Crippen LogP contribution in [0.5, 0.6) is 0 Å². The zero-order chi connectivity index (χ0) is 27.2. The predicted molar refractivity (Wildman–Crippen MR) is 147 cm³/mol. The van der Waals surface area contributed by atoms with Crippen LogP contribution in [0.25, 0.3) is 11.8 Å². The van der Waals surface area contributed by atoms with Crippen LogP contribution in [-0.2, 0) is 22.6 Å². The second-order valence-electron chi connectivity index (χ2n) is 8.53. The van der Waals surface area contributed by atoms with Crippen LogP contribution < -0.4 is 35.6 Å². The molecular formula is C27H27FN6O3S. The van der Waals surface area contributed by atoms with Gasteiger partial charge in [-0.1, -0.05) is 6.07 Å². The number of hydrogen-bond donors (Lipinski definition) is 3. The van der Waals surface area contributed by atoms with E-state index in [0.717, 1.165) is 22.6 Å². The highest BCUT2D eigenvalue weighted by atomic mass is 32.1. The lowest BCUT2D eigenvalue weighted by Crippen LogP contribution is -2.34.